The molecule has 2 N–H and O–H groups in total. The molecule has 1 aromatic heterocycles. The van der Waals surface area contributed by atoms with Gasteiger partial charge in [-0.15, -0.1) is 0 Å². The third-order valence-electron chi connectivity index (χ3n) is 3.78. The van der Waals surface area contributed by atoms with E-state index in [4.69, 9.17) is 15.5 Å². The van der Waals surface area contributed by atoms with Crippen LogP contribution < -0.4 is 5.73 Å². The predicted octanol–water partition coefficient (Wildman–Crippen LogP) is 2.30. The summed E-state index contributed by atoms with van der Waals surface area (Å²) in [5.74, 6) is 0.955. The molecule has 0 spiro atoms. The van der Waals surface area contributed by atoms with E-state index < -0.39 is 0 Å². The Morgan fingerprint density at radius 3 is 2.72 bits per heavy atom. The summed E-state index contributed by atoms with van der Waals surface area (Å²) in [7, 11) is 3.76. The lowest BCUT2D eigenvalue weighted by atomic mass is 10.0. The van der Waals surface area contributed by atoms with Gasteiger partial charge >= 0.3 is 0 Å². The van der Waals surface area contributed by atoms with Crippen LogP contribution in [0.25, 0.3) is 11.0 Å². The van der Waals surface area contributed by atoms with E-state index >= 15 is 0 Å². The summed E-state index contributed by atoms with van der Waals surface area (Å²) in [5, 5.41) is 0. The molecule has 0 radical (unpaired) electrons. The van der Waals surface area contributed by atoms with Gasteiger partial charge in [-0.25, -0.2) is 4.98 Å². The Morgan fingerprint density at radius 1 is 1.44 bits per heavy atom. The van der Waals surface area contributed by atoms with Crippen molar-refractivity contribution in [1.82, 2.24) is 9.55 Å². The summed E-state index contributed by atoms with van der Waals surface area (Å²) in [5.41, 5.74) is 8.50. The highest BCUT2D eigenvalue weighted by atomic mass is 16.5. The van der Waals surface area contributed by atoms with Crippen LogP contribution in [0.3, 0.4) is 0 Å². The van der Waals surface area contributed by atoms with E-state index in [1.165, 1.54) is 0 Å². The minimum absolute atomic E-state index is 0.351. The van der Waals surface area contributed by atoms with Crippen molar-refractivity contribution in [3.63, 3.8) is 0 Å². The van der Waals surface area contributed by atoms with Gasteiger partial charge in [0.1, 0.15) is 11.4 Å². The van der Waals surface area contributed by atoms with E-state index in [1.807, 2.05) is 19.2 Å². The molecule has 0 saturated heterocycles. The van der Waals surface area contributed by atoms with Gasteiger partial charge in [-0.05, 0) is 31.0 Å². The number of rotatable bonds is 4. The molecule has 1 unspecified atom stereocenters. The SMILES string of the molecule is CCC(C)(OC)c1nc2cc(CN)ccc2n1C. The molecular formula is C14H21N3O. The summed E-state index contributed by atoms with van der Waals surface area (Å²) in [6.07, 6.45) is 0.879. The molecule has 0 aliphatic heterocycles. The molecule has 1 atom stereocenters. The molecule has 1 aromatic carbocycles. The van der Waals surface area contributed by atoms with E-state index in [2.05, 4.69) is 24.5 Å². The zero-order chi connectivity index (χ0) is 13.3. The molecular weight excluding hydrogens is 226 g/mol. The van der Waals surface area contributed by atoms with E-state index in [0.29, 0.717) is 6.54 Å². The van der Waals surface area contributed by atoms with Crippen LogP contribution in [0, 0.1) is 0 Å². The number of imidazole rings is 1. The molecule has 0 amide bonds. The normalized spacial score (nSPS) is 14.9. The number of benzene rings is 1. The second kappa shape index (κ2) is 4.71. The summed E-state index contributed by atoms with van der Waals surface area (Å²) < 4.78 is 7.73. The van der Waals surface area contributed by atoms with Crippen LogP contribution in [0.5, 0.6) is 0 Å². The number of ether oxygens (including phenoxy) is 1. The lowest BCUT2D eigenvalue weighted by Crippen LogP contribution is -2.27. The second-order valence-corrected chi connectivity index (χ2v) is 4.81. The number of aromatic nitrogens is 2. The van der Waals surface area contributed by atoms with Crippen molar-refractivity contribution in [3.8, 4) is 0 Å². The van der Waals surface area contributed by atoms with Crippen molar-refractivity contribution in [2.45, 2.75) is 32.4 Å². The van der Waals surface area contributed by atoms with Gasteiger partial charge < -0.3 is 15.0 Å². The first-order valence-corrected chi connectivity index (χ1v) is 6.26. The summed E-state index contributed by atoms with van der Waals surface area (Å²) >= 11 is 0. The number of nitrogens with zero attached hydrogens (tertiary/aromatic N) is 2. The fourth-order valence-electron chi connectivity index (χ4n) is 2.24. The first kappa shape index (κ1) is 13.1. The Bertz CT molecular complexity index is 555. The number of hydrogen-bond acceptors (Lipinski definition) is 3. The first-order valence-electron chi connectivity index (χ1n) is 6.26. The van der Waals surface area contributed by atoms with E-state index in [0.717, 1.165) is 28.8 Å². The fourth-order valence-corrected chi connectivity index (χ4v) is 2.24. The zero-order valence-corrected chi connectivity index (χ0v) is 11.5. The van der Waals surface area contributed by atoms with Crippen LogP contribution >= 0.6 is 0 Å². The Balaban J connectivity index is 2.63. The van der Waals surface area contributed by atoms with Crippen LogP contribution in [0.2, 0.25) is 0 Å². The van der Waals surface area contributed by atoms with Crippen LogP contribution in [0.1, 0.15) is 31.7 Å². The maximum atomic E-state index is 5.66. The second-order valence-electron chi connectivity index (χ2n) is 4.81. The Morgan fingerprint density at radius 2 is 2.17 bits per heavy atom. The van der Waals surface area contributed by atoms with Gasteiger partial charge in [0.05, 0.1) is 11.0 Å². The van der Waals surface area contributed by atoms with Crippen molar-refractivity contribution in [3.05, 3.63) is 29.6 Å². The number of fused-ring (bicyclic) bond motifs is 1. The van der Waals surface area contributed by atoms with E-state index in [-0.39, 0.29) is 5.60 Å². The van der Waals surface area contributed by atoms with Crippen molar-refractivity contribution in [2.24, 2.45) is 12.8 Å². The van der Waals surface area contributed by atoms with Gasteiger partial charge in [-0.3, -0.25) is 0 Å². The number of nitrogens with two attached hydrogens (primary N) is 1. The Hall–Kier alpha value is -1.39. The van der Waals surface area contributed by atoms with E-state index in [9.17, 15) is 0 Å². The summed E-state index contributed by atoms with van der Waals surface area (Å²) in [6.45, 7) is 4.71. The van der Waals surface area contributed by atoms with Gasteiger partial charge in [-0.1, -0.05) is 13.0 Å². The quantitative estimate of drug-likeness (QED) is 0.902. The fraction of sp³-hybridized carbons (Fsp3) is 0.500. The molecule has 0 fully saturated rings. The highest BCUT2D eigenvalue weighted by molar-refractivity contribution is 5.77. The minimum atomic E-state index is -0.351. The Kier molecular flexibility index (Phi) is 3.41. The van der Waals surface area contributed by atoms with Gasteiger partial charge in [0.25, 0.3) is 0 Å². The molecule has 2 aromatic rings. The van der Waals surface area contributed by atoms with Crippen LogP contribution in [-0.4, -0.2) is 16.7 Å². The lowest BCUT2D eigenvalue weighted by molar-refractivity contribution is -0.0107. The smallest absolute Gasteiger partial charge is 0.141 e. The maximum Gasteiger partial charge on any atom is 0.141 e. The molecule has 0 bridgehead atoms. The van der Waals surface area contributed by atoms with Gasteiger partial charge in [-0.2, -0.15) is 0 Å². The molecule has 98 valence electrons. The third kappa shape index (κ3) is 1.91. The van der Waals surface area contributed by atoms with Gasteiger partial charge in [0.15, 0.2) is 0 Å². The topological polar surface area (TPSA) is 53.1 Å². The number of hydrogen-bond donors (Lipinski definition) is 1. The van der Waals surface area contributed by atoms with Crippen molar-refractivity contribution in [1.29, 1.82) is 0 Å². The molecule has 0 aliphatic rings. The van der Waals surface area contributed by atoms with Crippen molar-refractivity contribution >= 4 is 11.0 Å². The summed E-state index contributed by atoms with van der Waals surface area (Å²) in [6, 6.07) is 6.16. The molecule has 2 rings (SSSR count). The largest absolute Gasteiger partial charge is 0.371 e. The predicted molar refractivity (Wildman–Crippen MR) is 73.3 cm³/mol. The average Bonchev–Trinajstić information content (AvgIpc) is 2.75. The van der Waals surface area contributed by atoms with Crippen LogP contribution in [-0.2, 0) is 23.9 Å². The number of methoxy groups -OCH3 is 1. The zero-order valence-electron chi connectivity index (χ0n) is 11.5. The molecule has 1 heterocycles. The molecule has 0 aliphatic carbocycles. The molecule has 4 nitrogen and oxygen atoms in total. The third-order valence-corrected chi connectivity index (χ3v) is 3.78. The minimum Gasteiger partial charge on any atom is -0.371 e. The summed E-state index contributed by atoms with van der Waals surface area (Å²) in [4.78, 5) is 4.72. The first-order chi connectivity index (χ1) is 8.55. The highest BCUT2D eigenvalue weighted by Crippen LogP contribution is 2.30. The van der Waals surface area contributed by atoms with Crippen LogP contribution in [0.4, 0.5) is 0 Å². The highest BCUT2D eigenvalue weighted by Gasteiger charge is 2.29. The number of aryl methyl sites for hydroxylation is 1. The lowest BCUT2D eigenvalue weighted by Gasteiger charge is -2.25. The molecule has 0 saturated carbocycles. The van der Waals surface area contributed by atoms with Gasteiger partial charge in [0.2, 0.25) is 0 Å². The van der Waals surface area contributed by atoms with Crippen molar-refractivity contribution < 1.29 is 4.74 Å². The van der Waals surface area contributed by atoms with Crippen molar-refractivity contribution in [2.75, 3.05) is 7.11 Å². The van der Waals surface area contributed by atoms with E-state index in [1.54, 1.807) is 7.11 Å². The molecule has 18 heavy (non-hydrogen) atoms. The van der Waals surface area contributed by atoms with Crippen LogP contribution in [0.15, 0.2) is 18.2 Å². The molecule has 4 heteroatoms. The Labute approximate surface area is 108 Å². The maximum absolute atomic E-state index is 5.66. The standard InChI is InChI=1S/C14H21N3O/c1-5-14(2,18-4)13-16-11-8-10(9-15)6-7-12(11)17(13)3/h6-8H,5,9,15H2,1-4H3. The van der Waals surface area contributed by atoms with Gasteiger partial charge in [0, 0.05) is 20.7 Å². The average molecular weight is 247 g/mol. The monoisotopic (exact) mass is 247 g/mol.